The van der Waals surface area contributed by atoms with Gasteiger partial charge in [0.15, 0.2) is 12.2 Å². The summed E-state index contributed by atoms with van der Waals surface area (Å²) in [4.78, 5) is 25.4. The number of esters is 2. The molecule has 3 atom stereocenters. The molecule has 0 fully saturated rings. The number of carbonyl (C=O) groups is 2. The quantitative estimate of drug-likeness (QED) is 0.245. The summed E-state index contributed by atoms with van der Waals surface area (Å²) in [6, 6.07) is 19.3. The van der Waals surface area contributed by atoms with Gasteiger partial charge in [-0.15, -0.1) is 0 Å². The molecule has 0 spiro atoms. The minimum Gasteiger partial charge on any atom is -0.464 e. The average Bonchev–Trinajstić information content (AvgIpc) is 3.46. The van der Waals surface area contributed by atoms with Crippen molar-refractivity contribution < 1.29 is 28.5 Å². The first-order chi connectivity index (χ1) is 18.0. The van der Waals surface area contributed by atoms with Gasteiger partial charge in [0.2, 0.25) is 0 Å². The predicted octanol–water partition coefficient (Wildman–Crippen LogP) is 3.62. The lowest BCUT2D eigenvalue weighted by molar-refractivity contribution is -0.184. The number of aromatic nitrogens is 2. The van der Waals surface area contributed by atoms with Crippen LogP contribution in [0.3, 0.4) is 0 Å². The maximum Gasteiger partial charge on any atom is 0.338 e. The third-order valence-electron chi connectivity index (χ3n) is 5.60. The van der Waals surface area contributed by atoms with E-state index in [1.54, 1.807) is 24.7 Å². The normalized spacial score (nSPS) is 13.5. The van der Waals surface area contributed by atoms with Crippen molar-refractivity contribution >= 4 is 11.9 Å². The Labute approximate surface area is 217 Å². The molecule has 2 aromatic carbocycles. The zero-order valence-corrected chi connectivity index (χ0v) is 21.5. The lowest BCUT2D eigenvalue weighted by Crippen LogP contribution is -2.46. The first-order valence-corrected chi connectivity index (χ1v) is 12.5. The molecule has 0 aliphatic rings. The fourth-order valence-electron chi connectivity index (χ4n) is 3.68. The second-order valence-corrected chi connectivity index (χ2v) is 8.23. The zero-order chi connectivity index (χ0) is 26.5. The molecule has 1 aromatic heterocycles. The second kappa shape index (κ2) is 14.9. The van der Waals surface area contributed by atoms with E-state index in [4.69, 9.17) is 18.9 Å². The van der Waals surface area contributed by atoms with Crippen molar-refractivity contribution in [2.24, 2.45) is 0 Å². The van der Waals surface area contributed by atoms with E-state index in [2.05, 4.69) is 10.4 Å². The number of hydrogen-bond donors (Lipinski definition) is 1. The molecule has 0 bridgehead atoms. The van der Waals surface area contributed by atoms with E-state index in [-0.39, 0.29) is 32.5 Å². The largest absolute Gasteiger partial charge is 0.464 e. The van der Waals surface area contributed by atoms with E-state index in [9.17, 15) is 9.59 Å². The molecule has 3 rings (SSSR count). The third kappa shape index (κ3) is 8.52. The molecule has 0 aliphatic carbocycles. The monoisotopic (exact) mass is 509 g/mol. The van der Waals surface area contributed by atoms with Crippen LogP contribution < -0.4 is 5.32 Å². The summed E-state index contributed by atoms with van der Waals surface area (Å²) in [5.74, 6) is -1.34. The van der Waals surface area contributed by atoms with Gasteiger partial charge in [0.25, 0.3) is 0 Å². The smallest absolute Gasteiger partial charge is 0.338 e. The Hall–Kier alpha value is -3.53. The van der Waals surface area contributed by atoms with Crippen LogP contribution in [-0.4, -0.2) is 60.3 Å². The van der Waals surface area contributed by atoms with Crippen LogP contribution in [0.25, 0.3) is 5.69 Å². The first kappa shape index (κ1) is 28.0. The van der Waals surface area contributed by atoms with Gasteiger partial charge in [0.05, 0.1) is 32.1 Å². The van der Waals surface area contributed by atoms with Gasteiger partial charge >= 0.3 is 11.9 Å². The molecule has 0 saturated heterocycles. The number of ether oxygens (including phenoxy) is 4. The number of rotatable bonds is 15. The molecule has 0 aliphatic heterocycles. The summed E-state index contributed by atoms with van der Waals surface area (Å²) in [6.45, 7) is 6.44. The molecular formula is C28H35N3O6. The Morgan fingerprint density at radius 2 is 1.54 bits per heavy atom. The maximum atomic E-state index is 12.7. The Kier molecular flexibility index (Phi) is 11.3. The van der Waals surface area contributed by atoms with Gasteiger partial charge in [-0.05, 0) is 50.1 Å². The van der Waals surface area contributed by atoms with Crippen LogP contribution in [0.15, 0.2) is 73.1 Å². The molecule has 9 nitrogen and oxygen atoms in total. The molecular weight excluding hydrogens is 474 g/mol. The Morgan fingerprint density at radius 3 is 2.14 bits per heavy atom. The van der Waals surface area contributed by atoms with Gasteiger partial charge in [-0.3, -0.25) is 0 Å². The van der Waals surface area contributed by atoms with E-state index in [0.717, 1.165) is 16.8 Å². The van der Waals surface area contributed by atoms with Crippen LogP contribution >= 0.6 is 0 Å². The molecule has 37 heavy (non-hydrogen) atoms. The van der Waals surface area contributed by atoms with E-state index >= 15 is 0 Å². The topological polar surface area (TPSA) is 101 Å². The Morgan fingerprint density at radius 1 is 0.892 bits per heavy atom. The highest BCUT2D eigenvalue weighted by molar-refractivity contribution is 5.85. The van der Waals surface area contributed by atoms with Crippen molar-refractivity contribution in [3.63, 3.8) is 0 Å². The van der Waals surface area contributed by atoms with E-state index in [1.807, 2.05) is 73.8 Å². The maximum absolute atomic E-state index is 12.7. The number of benzene rings is 2. The molecule has 0 amide bonds. The van der Waals surface area contributed by atoms with Crippen molar-refractivity contribution in [3.05, 3.63) is 84.2 Å². The van der Waals surface area contributed by atoms with Crippen LogP contribution in [0.4, 0.5) is 0 Å². The summed E-state index contributed by atoms with van der Waals surface area (Å²) in [5, 5.41) is 7.61. The summed E-state index contributed by atoms with van der Waals surface area (Å²) >= 11 is 0. The van der Waals surface area contributed by atoms with Gasteiger partial charge < -0.3 is 24.3 Å². The molecule has 0 radical (unpaired) electrons. The van der Waals surface area contributed by atoms with Gasteiger partial charge in [-0.1, -0.05) is 42.5 Å². The summed E-state index contributed by atoms with van der Waals surface area (Å²) in [7, 11) is 0. The van der Waals surface area contributed by atoms with Crippen LogP contribution in [0.2, 0.25) is 0 Å². The molecule has 1 heterocycles. The van der Waals surface area contributed by atoms with Crippen LogP contribution in [0, 0.1) is 0 Å². The van der Waals surface area contributed by atoms with Crippen molar-refractivity contribution in [1.29, 1.82) is 0 Å². The first-order valence-electron chi connectivity index (χ1n) is 12.5. The van der Waals surface area contributed by atoms with Crippen LogP contribution in [0.5, 0.6) is 0 Å². The van der Waals surface area contributed by atoms with E-state index < -0.39 is 24.1 Å². The molecule has 198 valence electrons. The fraction of sp³-hybridized carbons (Fsp3) is 0.393. The van der Waals surface area contributed by atoms with Crippen LogP contribution in [0.1, 0.15) is 37.9 Å². The van der Waals surface area contributed by atoms with E-state index in [0.29, 0.717) is 6.54 Å². The lowest BCUT2D eigenvalue weighted by Gasteiger charge is -2.25. The average molecular weight is 510 g/mol. The Balaban J connectivity index is 1.59. The number of hydrogen-bond acceptors (Lipinski definition) is 8. The number of nitrogens with zero attached hydrogens (tertiary/aromatic N) is 2. The van der Waals surface area contributed by atoms with Crippen molar-refractivity contribution in [3.8, 4) is 5.69 Å². The van der Waals surface area contributed by atoms with Crippen molar-refractivity contribution in [2.75, 3.05) is 26.4 Å². The highest BCUT2D eigenvalue weighted by atomic mass is 16.6. The SMILES string of the molecule is CCOC(=O)[C@@H](OCCN[C@H](C)c1ccc(-n2cccn2)cc1)[C@H](OCc1ccccc1)C(=O)OCC. The third-order valence-corrected chi connectivity index (χ3v) is 5.60. The highest BCUT2D eigenvalue weighted by Gasteiger charge is 2.38. The second-order valence-electron chi connectivity index (χ2n) is 8.23. The minimum atomic E-state index is -1.26. The fourth-order valence-corrected chi connectivity index (χ4v) is 3.68. The molecule has 3 aromatic rings. The zero-order valence-electron chi connectivity index (χ0n) is 21.5. The lowest BCUT2D eigenvalue weighted by atomic mass is 10.1. The number of nitrogens with one attached hydrogen (secondary N) is 1. The molecule has 0 unspecified atom stereocenters. The van der Waals surface area contributed by atoms with Crippen molar-refractivity contribution in [2.45, 2.75) is 45.6 Å². The highest BCUT2D eigenvalue weighted by Crippen LogP contribution is 2.16. The van der Waals surface area contributed by atoms with Crippen molar-refractivity contribution in [1.82, 2.24) is 15.1 Å². The summed E-state index contributed by atoms with van der Waals surface area (Å²) in [6.07, 6.45) is 1.11. The molecule has 1 N–H and O–H groups in total. The van der Waals surface area contributed by atoms with Gasteiger partial charge in [0.1, 0.15) is 0 Å². The molecule has 0 saturated carbocycles. The van der Waals surface area contributed by atoms with Gasteiger partial charge in [-0.2, -0.15) is 5.10 Å². The summed E-state index contributed by atoms with van der Waals surface area (Å²) < 4.78 is 23.8. The standard InChI is InChI=1S/C28H35N3O6/c1-4-34-27(32)25(26(28(33)35-5-2)37-20-22-10-7-6-8-11-22)36-19-17-29-21(3)23-12-14-24(15-13-23)31-18-9-16-30-31/h6-16,18,21,25-26,29H,4-5,17,19-20H2,1-3H3/t21-,25+,26+/m1/s1. The number of carbonyl (C=O) groups excluding carboxylic acids is 2. The summed E-state index contributed by atoms with van der Waals surface area (Å²) in [5.41, 5.74) is 2.92. The Bertz CT molecular complexity index is 1070. The van der Waals surface area contributed by atoms with Crippen LogP contribution in [-0.2, 0) is 35.1 Å². The van der Waals surface area contributed by atoms with Gasteiger partial charge in [-0.25, -0.2) is 14.3 Å². The van der Waals surface area contributed by atoms with E-state index in [1.165, 1.54) is 0 Å². The molecule has 9 heteroatoms. The van der Waals surface area contributed by atoms with Gasteiger partial charge in [0, 0.05) is 25.0 Å². The predicted molar refractivity (Wildman–Crippen MR) is 138 cm³/mol. The minimum absolute atomic E-state index is 0.0338.